The number of aromatic nitrogens is 2. The van der Waals surface area contributed by atoms with Crippen LogP contribution in [0.25, 0.3) is 10.9 Å². The first-order valence-corrected chi connectivity index (χ1v) is 18.0. The fraction of sp³-hybridized carbons (Fsp3) is 0.444. The van der Waals surface area contributed by atoms with Gasteiger partial charge in [-0.3, -0.25) is 4.90 Å². The summed E-state index contributed by atoms with van der Waals surface area (Å²) in [6.07, 6.45) is 3.98. The van der Waals surface area contributed by atoms with Crippen molar-refractivity contribution in [1.29, 1.82) is 0 Å². The number of benzene rings is 3. The van der Waals surface area contributed by atoms with Crippen LogP contribution in [0.5, 0.6) is 11.5 Å². The number of sulfonamides is 1. The maximum Gasteiger partial charge on any atom is 0.243 e. The number of fused-ring (bicyclic) bond motifs is 1. The predicted octanol–water partition coefficient (Wildman–Crippen LogP) is 6.49. The quantitative estimate of drug-likeness (QED) is 0.157. The Hall–Kier alpha value is -3.73. The van der Waals surface area contributed by atoms with Crippen LogP contribution >= 0.6 is 0 Å². The molecule has 1 N–H and O–H groups in total. The zero-order valence-electron chi connectivity index (χ0n) is 27.5. The number of hydrogen-bond donors (Lipinski definition) is 1. The Bertz CT molecular complexity index is 1690. The second kappa shape index (κ2) is 15.7. The van der Waals surface area contributed by atoms with Crippen molar-refractivity contribution in [2.45, 2.75) is 64.3 Å². The van der Waals surface area contributed by atoms with Crippen LogP contribution in [0, 0.1) is 0 Å². The Balaban J connectivity index is 1.25. The molecule has 9 nitrogen and oxygen atoms in total. The van der Waals surface area contributed by atoms with Gasteiger partial charge in [0.15, 0.2) is 11.5 Å². The maximum atomic E-state index is 13.4. The van der Waals surface area contributed by atoms with Crippen molar-refractivity contribution in [2.24, 2.45) is 0 Å². The summed E-state index contributed by atoms with van der Waals surface area (Å²) >= 11 is 0. The van der Waals surface area contributed by atoms with Gasteiger partial charge in [-0.05, 0) is 87.6 Å². The van der Waals surface area contributed by atoms with Crippen LogP contribution in [0.1, 0.15) is 63.5 Å². The molecule has 1 saturated heterocycles. The van der Waals surface area contributed by atoms with Gasteiger partial charge in [0.1, 0.15) is 11.6 Å². The molecule has 246 valence electrons. The van der Waals surface area contributed by atoms with E-state index in [9.17, 15) is 8.42 Å². The van der Waals surface area contributed by atoms with E-state index < -0.39 is 10.0 Å². The first kappa shape index (κ1) is 33.6. The summed E-state index contributed by atoms with van der Waals surface area (Å²) in [5, 5.41) is 4.53. The number of aryl methyl sites for hydroxylation is 1. The van der Waals surface area contributed by atoms with Crippen molar-refractivity contribution in [3.05, 3.63) is 83.7 Å². The number of para-hydroxylation sites is 1. The van der Waals surface area contributed by atoms with Gasteiger partial charge in [0.25, 0.3) is 0 Å². The highest BCUT2D eigenvalue weighted by Crippen LogP contribution is 2.30. The zero-order valence-corrected chi connectivity index (χ0v) is 28.4. The standard InChI is InChI=1S/C36H47N5O4S/c1-5-8-11-28-14-17-30(18-15-28)46(42,43)41-24-22-40(23-25-41)27(4)35-38-32-13-10-9-12-31(32)36(39-35)37-21-20-29-16-19-33(44-6-2)34(26-29)45-7-3/h9-10,12-19,26-27H,5-8,11,20-25H2,1-4H3,(H,37,38,39). The fourth-order valence-electron chi connectivity index (χ4n) is 5.85. The molecule has 1 aliphatic rings. The molecule has 46 heavy (non-hydrogen) atoms. The van der Waals surface area contributed by atoms with Gasteiger partial charge in [0.2, 0.25) is 10.0 Å². The van der Waals surface area contributed by atoms with Crippen LogP contribution < -0.4 is 14.8 Å². The molecule has 2 heterocycles. The summed E-state index contributed by atoms with van der Waals surface area (Å²) in [7, 11) is -3.54. The molecule has 0 amide bonds. The van der Waals surface area contributed by atoms with Gasteiger partial charge in [-0.15, -0.1) is 0 Å². The largest absolute Gasteiger partial charge is 0.490 e. The summed E-state index contributed by atoms with van der Waals surface area (Å²) < 4.78 is 39.9. The molecule has 5 rings (SSSR count). The topological polar surface area (TPSA) is 96.9 Å². The Kier molecular flexibility index (Phi) is 11.5. The van der Waals surface area contributed by atoms with Gasteiger partial charge >= 0.3 is 0 Å². The van der Waals surface area contributed by atoms with Crippen LogP contribution in [0.4, 0.5) is 5.82 Å². The highest BCUT2D eigenvalue weighted by molar-refractivity contribution is 7.89. The van der Waals surface area contributed by atoms with Crippen molar-refractivity contribution in [2.75, 3.05) is 51.3 Å². The van der Waals surface area contributed by atoms with E-state index in [2.05, 4.69) is 30.1 Å². The van der Waals surface area contributed by atoms with E-state index in [1.54, 1.807) is 16.4 Å². The first-order valence-electron chi connectivity index (χ1n) is 16.6. The fourth-order valence-corrected chi connectivity index (χ4v) is 7.27. The minimum absolute atomic E-state index is 0.0762. The van der Waals surface area contributed by atoms with Gasteiger partial charge in [-0.2, -0.15) is 4.31 Å². The van der Waals surface area contributed by atoms with E-state index in [0.29, 0.717) is 50.8 Å². The van der Waals surface area contributed by atoms with Gasteiger partial charge < -0.3 is 14.8 Å². The number of unbranched alkanes of at least 4 members (excludes halogenated alkanes) is 1. The number of anilines is 1. The molecular weight excluding hydrogens is 598 g/mol. The van der Waals surface area contributed by atoms with E-state index in [1.165, 1.54) is 5.56 Å². The summed E-state index contributed by atoms with van der Waals surface area (Å²) in [4.78, 5) is 12.6. The molecule has 10 heteroatoms. The molecule has 1 unspecified atom stereocenters. The van der Waals surface area contributed by atoms with E-state index in [1.807, 2.05) is 62.4 Å². The molecule has 0 aliphatic carbocycles. The summed E-state index contributed by atoms with van der Waals surface area (Å²) in [5.41, 5.74) is 3.20. The third kappa shape index (κ3) is 7.97. The second-order valence-electron chi connectivity index (χ2n) is 11.6. The molecule has 0 saturated carbocycles. The van der Waals surface area contributed by atoms with Crippen LogP contribution in [0.3, 0.4) is 0 Å². The lowest BCUT2D eigenvalue weighted by Gasteiger charge is -2.37. The molecule has 1 fully saturated rings. The van der Waals surface area contributed by atoms with E-state index in [4.69, 9.17) is 19.4 Å². The molecular formula is C36H47N5O4S. The van der Waals surface area contributed by atoms with E-state index in [-0.39, 0.29) is 6.04 Å². The molecule has 1 atom stereocenters. The molecule has 0 spiro atoms. The lowest BCUT2D eigenvalue weighted by molar-refractivity contribution is 0.141. The number of rotatable bonds is 15. The molecule has 4 aromatic rings. The number of hydrogen-bond acceptors (Lipinski definition) is 8. The SMILES string of the molecule is CCCCc1ccc(S(=O)(=O)N2CCN(C(C)c3nc(NCCc4ccc(OCC)c(OCC)c4)c4ccccc4n3)CC2)cc1. The number of nitrogens with one attached hydrogen (secondary N) is 1. The normalized spacial score (nSPS) is 15.1. The predicted molar refractivity (Wildman–Crippen MR) is 184 cm³/mol. The van der Waals surface area contributed by atoms with Crippen molar-refractivity contribution in [3.8, 4) is 11.5 Å². The Morgan fingerprint density at radius 3 is 2.24 bits per heavy atom. The van der Waals surface area contributed by atoms with Crippen molar-refractivity contribution in [1.82, 2.24) is 19.2 Å². The average molecular weight is 646 g/mol. The van der Waals surface area contributed by atoms with Gasteiger partial charge in [-0.25, -0.2) is 18.4 Å². The number of nitrogens with zero attached hydrogens (tertiary/aromatic N) is 4. The van der Waals surface area contributed by atoms with Gasteiger partial charge in [0.05, 0.1) is 29.7 Å². The molecule has 1 aliphatic heterocycles. The Labute approximate surface area is 274 Å². The third-order valence-corrected chi connectivity index (χ3v) is 10.4. The smallest absolute Gasteiger partial charge is 0.243 e. The van der Waals surface area contributed by atoms with Crippen LogP contribution in [0.2, 0.25) is 0 Å². The summed E-state index contributed by atoms with van der Waals surface area (Å²) in [6.45, 7) is 12.1. The lowest BCUT2D eigenvalue weighted by Crippen LogP contribution is -2.49. The zero-order chi connectivity index (χ0) is 32.5. The van der Waals surface area contributed by atoms with Crippen LogP contribution in [0.15, 0.2) is 71.6 Å². The Morgan fingerprint density at radius 2 is 1.52 bits per heavy atom. The van der Waals surface area contributed by atoms with Crippen LogP contribution in [-0.4, -0.2) is 73.5 Å². The molecule has 0 bridgehead atoms. The third-order valence-electron chi connectivity index (χ3n) is 8.51. The van der Waals surface area contributed by atoms with Gasteiger partial charge in [0, 0.05) is 38.1 Å². The average Bonchev–Trinajstić information content (AvgIpc) is 3.08. The van der Waals surface area contributed by atoms with Crippen molar-refractivity contribution >= 4 is 26.7 Å². The monoisotopic (exact) mass is 645 g/mol. The van der Waals surface area contributed by atoms with Crippen LogP contribution in [-0.2, 0) is 22.9 Å². The first-order chi connectivity index (χ1) is 22.3. The molecule has 0 radical (unpaired) electrons. The molecule has 3 aromatic carbocycles. The lowest BCUT2D eigenvalue weighted by atomic mass is 10.1. The maximum absolute atomic E-state index is 13.4. The van der Waals surface area contributed by atoms with Gasteiger partial charge in [-0.1, -0.05) is 43.7 Å². The highest BCUT2D eigenvalue weighted by atomic mass is 32.2. The summed E-state index contributed by atoms with van der Waals surface area (Å²) in [6, 6.07) is 21.4. The Morgan fingerprint density at radius 1 is 0.826 bits per heavy atom. The minimum Gasteiger partial charge on any atom is -0.490 e. The van der Waals surface area contributed by atoms with Crippen molar-refractivity contribution in [3.63, 3.8) is 0 Å². The number of piperazine rings is 1. The van der Waals surface area contributed by atoms with E-state index >= 15 is 0 Å². The minimum atomic E-state index is -3.54. The number of ether oxygens (including phenoxy) is 2. The van der Waals surface area contributed by atoms with Crippen molar-refractivity contribution < 1.29 is 17.9 Å². The van der Waals surface area contributed by atoms with E-state index in [0.717, 1.165) is 65.3 Å². The molecule has 1 aromatic heterocycles. The second-order valence-corrected chi connectivity index (χ2v) is 13.6. The summed E-state index contributed by atoms with van der Waals surface area (Å²) in [5.74, 6) is 3.04. The highest BCUT2D eigenvalue weighted by Gasteiger charge is 2.31.